The Kier molecular flexibility index (Phi) is 4.53. The van der Waals surface area contributed by atoms with Crippen molar-refractivity contribution >= 4 is 6.09 Å². The first-order chi connectivity index (χ1) is 8.15. The van der Waals surface area contributed by atoms with Crippen molar-refractivity contribution in [2.75, 3.05) is 19.6 Å². The van der Waals surface area contributed by atoms with Crippen LogP contribution in [0.3, 0.4) is 0 Å². The summed E-state index contributed by atoms with van der Waals surface area (Å²) in [5.74, 6) is -3.62. The van der Waals surface area contributed by atoms with Crippen LogP contribution in [0.2, 0.25) is 0 Å². The molecule has 1 fully saturated rings. The van der Waals surface area contributed by atoms with Gasteiger partial charge in [-0.05, 0) is 40.2 Å². The van der Waals surface area contributed by atoms with E-state index in [1.165, 1.54) is 0 Å². The van der Waals surface area contributed by atoms with Crippen molar-refractivity contribution in [1.82, 2.24) is 4.90 Å². The molecule has 0 unspecified atom stereocenters. The van der Waals surface area contributed by atoms with Crippen LogP contribution in [0.4, 0.5) is 13.6 Å². The van der Waals surface area contributed by atoms with Gasteiger partial charge in [0.25, 0.3) is 5.92 Å². The highest BCUT2D eigenvalue weighted by Crippen LogP contribution is 2.35. The maximum absolute atomic E-state index is 13.8. The molecule has 0 bridgehead atoms. The van der Waals surface area contributed by atoms with E-state index in [9.17, 15) is 13.6 Å². The van der Waals surface area contributed by atoms with Crippen molar-refractivity contribution in [3.05, 3.63) is 0 Å². The van der Waals surface area contributed by atoms with Crippen molar-refractivity contribution in [2.24, 2.45) is 11.7 Å². The van der Waals surface area contributed by atoms with Gasteiger partial charge in [0.15, 0.2) is 0 Å². The van der Waals surface area contributed by atoms with Gasteiger partial charge in [-0.1, -0.05) is 0 Å². The Morgan fingerprint density at radius 1 is 1.50 bits per heavy atom. The van der Waals surface area contributed by atoms with Crippen molar-refractivity contribution < 1.29 is 18.3 Å². The molecule has 18 heavy (non-hydrogen) atoms. The maximum atomic E-state index is 13.8. The fourth-order valence-electron chi connectivity index (χ4n) is 2.02. The maximum Gasteiger partial charge on any atom is 0.410 e. The number of halogens is 2. The summed E-state index contributed by atoms with van der Waals surface area (Å²) in [6, 6.07) is 0. The summed E-state index contributed by atoms with van der Waals surface area (Å²) in [4.78, 5) is 12.8. The second-order valence-corrected chi connectivity index (χ2v) is 5.73. The van der Waals surface area contributed by atoms with Crippen LogP contribution >= 0.6 is 0 Å². The Bertz CT molecular complexity index is 303. The van der Waals surface area contributed by atoms with Crippen LogP contribution in [0.1, 0.15) is 33.6 Å². The van der Waals surface area contributed by atoms with Gasteiger partial charge in [0.05, 0.1) is 6.54 Å². The number of ether oxygens (including phenoxy) is 1. The van der Waals surface area contributed by atoms with E-state index in [4.69, 9.17) is 10.5 Å². The Hall–Kier alpha value is -0.910. The van der Waals surface area contributed by atoms with E-state index >= 15 is 0 Å². The topological polar surface area (TPSA) is 55.6 Å². The summed E-state index contributed by atoms with van der Waals surface area (Å²) in [6.45, 7) is 5.10. The Labute approximate surface area is 106 Å². The molecule has 1 amide bonds. The molecule has 0 aromatic carbocycles. The summed E-state index contributed by atoms with van der Waals surface area (Å²) < 4.78 is 32.7. The minimum atomic E-state index is -2.88. The Balaban J connectivity index is 2.60. The van der Waals surface area contributed by atoms with Crippen LogP contribution < -0.4 is 5.73 Å². The molecular weight excluding hydrogens is 242 g/mol. The van der Waals surface area contributed by atoms with Crippen LogP contribution in [-0.4, -0.2) is 42.2 Å². The van der Waals surface area contributed by atoms with E-state index in [1.807, 2.05) is 0 Å². The summed E-state index contributed by atoms with van der Waals surface area (Å²) in [5, 5.41) is 0. The van der Waals surface area contributed by atoms with Gasteiger partial charge in [0.1, 0.15) is 5.60 Å². The molecule has 0 saturated carbocycles. The van der Waals surface area contributed by atoms with Gasteiger partial charge in [-0.25, -0.2) is 13.6 Å². The molecule has 1 aliphatic heterocycles. The zero-order valence-electron chi connectivity index (χ0n) is 11.2. The van der Waals surface area contributed by atoms with E-state index < -0.39 is 30.1 Å². The molecule has 1 aliphatic rings. The first kappa shape index (κ1) is 15.1. The summed E-state index contributed by atoms with van der Waals surface area (Å²) >= 11 is 0. The Morgan fingerprint density at radius 3 is 2.56 bits per heavy atom. The van der Waals surface area contributed by atoms with Crippen LogP contribution in [0, 0.1) is 5.92 Å². The third kappa shape index (κ3) is 4.08. The van der Waals surface area contributed by atoms with E-state index in [1.54, 1.807) is 20.8 Å². The molecular formula is C12H22F2N2O2. The molecule has 6 heteroatoms. The number of hydrogen-bond acceptors (Lipinski definition) is 3. The molecule has 0 radical (unpaired) electrons. The summed E-state index contributed by atoms with van der Waals surface area (Å²) in [6.07, 6.45) is -0.119. The van der Waals surface area contributed by atoms with E-state index in [0.29, 0.717) is 6.54 Å². The molecule has 0 aromatic rings. The van der Waals surface area contributed by atoms with Gasteiger partial charge in [0, 0.05) is 12.5 Å². The summed E-state index contributed by atoms with van der Waals surface area (Å²) in [7, 11) is 0. The second kappa shape index (κ2) is 5.38. The standard InChI is InChI=1S/C12H22F2N2O2/c1-11(2,3)18-10(17)16-7-5-9(4-6-15)12(13,14)8-16/h9H,4-8,15H2,1-3H3/t9-/m1/s1. The van der Waals surface area contributed by atoms with E-state index in [0.717, 1.165) is 4.90 Å². The van der Waals surface area contributed by atoms with E-state index in [2.05, 4.69) is 0 Å². The predicted molar refractivity (Wildman–Crippen MR) is 64.5 cm³/mol. The number of amides is 1. The molecule has 0 spiro atoms. The molecule has 0 aromatic heterocycles. The number of likely N-dealkylation sites (tertiary alicyclic amines) is 1. The SMILES string of the molecule is CC(C)(C)OC(=O)N1CC[C@@H](CCN)C(F)(F)C1. The van der Waals surface area contributed by atoms with Crippen molar-refractivity contribution in [3.8, 4) is 0 Å². The minimum absolute atomic E-state index is 0.243. The van der Waals surface area contributed by atoms with Gasteiger partial charge >= 0.3 is 6.09 Å². The van der Waals surface area contributed by atoms with Gasteiger partial charge in [0.2, 0.25) is 0 Å². The van der Waals surface area contributed by atoms with Gasteiger partial charge in [-0.15, -0.1) is 0 Å². The fourth-order valence-corrected chi connectivity index (χ4v) is 2.02. The van der Waals surface area contributed by atoms with Gasteiger partial charge < -0.3 is 15.4 Å². The van der Waals surface area contributed by atoms with Crippen LogP contribution in [-0.2, 0) is 4.74 Å². The van der Waals surface area contributed by atoms with Gasteiger partial charge in [-0.3, -0.25) is 0 Å². The zero-order chi connectivity index (χ0) is 14.0. The highest BCUT2D eigenvalue weighted by Gasteiger charge is 2.45. The zero-order valence-corrected chi connectivity index (χ0v) is 11.2. The van der Waals surface area contributed by atoms with Crippen molar-refractivity contribution in [3.63, 3.8) is 0 Å². The van der Waals surface area contributed by atoms with Gasteiger partial charge in [-0.2, -0.15) is 0 Å². The number of alkyl halides is 2. The lowest BCUT2D eigenvalue weighted by atomic mass is 9.90. The average molecular weight is 264 g/mol. The van der Waals surface area contributed by atoms with Crippen molar-refractivity contribution in [2.45, 2.75) is 45.1 Å². The number of hydrogen-bond donors (Lipinski definition) is 1. The molecule has 1 heterocycles. The molecule has 0 aliphatic carbocycles. The third-order valence-electron chi connectivity index (χ3n) is 2.91. The lowest BCUT2D eigenvalue weighted by Crippen LogP contribution is -2.52. The predicted octanol–water partition coefficient (Wildman–Crippen LogP) is 2.23. The quantitative estimate of drug-likeness (QED) is 0.832. The second-order valence-electron chi connectivity index (χ2n) is 5.73. The number of piperidine rings is 1. The smallest absolute Gasteiger partial charge is 0.410 e. The number of carbonyl (C=O) groups is 1. The van der Waals surface area contributed by atoms with Crippen LogP contribution in [0.25, 0.3) is 0 Å². The van der Waals surface area contributed by atoms with Crippen molar-refractivity contribution in [1.29, 1.82) is 0 Å². The lowest BCUT2D eigenvalue weighted by Gasteiger charge is -2.38. The normalized spacial score (nSPS) is 23.9. The lowest BCUT2D eigenvalue weighted by molar-refractivity contribution is -0.111. The first-order valence-electron chi connectivity index (χ1n) is 6.21. The van der Waals surface area contributed by atoms with E-state index in [-0.39, 0.29) is 19.4 Å². The molecule has 2 N–H and O–H groups in total. The molecule has 1 atom stereocenters. The highest BCUT2D eigenvalue weighted by atomic mass is 19.3. The average Bonchev–Trinajstić information content (AvgIpc) is 2.18. The Morgan fingerprint density at radius 2 is 2.11 bits per heavy atom. The molecule has 106 valence electrons. The number of carbonyl (C=O) groups excluding carboxylic acids is 1. The minimum Gasteiger partial charge on any atom is -0.444 e. The van der Waals surface area contributed by atoms with Crippen LogP contribution in [0.5, 0.6) is 0 Å². The largest absolute Gasteiger partial charge is 0.444 e. The fraction of sp³-hybridized carbons (Fsp3) is 0.917. The monoisotopic (exact) mass is 264 g/mol. The molecule has 1 rings (SSSR count). The third-order valence-corrected chi connectivity index (χ3v) is 2.91. The van der Waals surface area contributed by atoms with Crippen LogP contribution in [0.15, 0.2) is 0 Å². The molecule has 4 nitrogen and oxygen atoms in total. The number of nitrogens with zero attached hydrogens (tertiary/aromatic N) is 1. The first-order valence-corrected chi connectivity index (χ1v) is 6.21. The number of nitrogens with two attached hydrogens (primary N) is 1. The molecule has 1 saturated heterocycles. The number of rotatable bonds is 2. The highest BCUT2D eigenvalue weighted by molar-refractivity contribution is 5.68. The summed E-state index contributed by atoms with van der Waals surface area (Å²) in [5.41, 5.74) is 4.65.